The van der Waals surface area contributed by atoms with E-state index in [9.17, 15) is 23.3 Å². The van der Waals surface area contributed by atoms with Crippen LogP contribution in [-0.4, -0.2) is 30.7 Å². The summed E-state index contributed by atoms with van der Waals surface area (Å²) in [5, 5.41) is 14.9. The van der Waals surface area contributed by atoms with Crippen LogP contribution in [0.5, 0.6) is 0 Å². The molecule has 0 aliphatic rings. The first kappa shape index (κ1) is 19.2. The number of hydrogen-bond donors (Lipinski definition) is 0. The lowest BCUT2D eigenvalue weighted by atomic mass is 10.2. The lowest BCUT2D eigenvalue weighted by Gasteiger charge is -2.05. The number of aromatic nitrogens is 1. The number of nitrogens with zero attached hydrogens (tertiary/aromatic N) is 2. The van der Waals surface area contributed by atoms with Gasteiger partial charge >= 0.3 is 5.97 Å². The third-order valence-electron chi connectivity index (χ3n) is 3.76. The molecule has 0 atom stereocenters. The van der Waals surface area contributed by atoms with Crippen LogP contribution in [0.3, 0.4) is 0 Å². The topological polar surface area (TPSA) is 130 Å². The van der Waals surface area contributed by atoms with E-state index >= 15 is 0 Å². The Morgan fingerprint density at radius 2 is 1.89 bits per heavy atom. The van der Waals surface area contributed by atoms with Crippen molar-refractivity contribution in [1.29, 1.82) is 0 Å². The molecule has 0 saturated carbocycles. The molecule has 0 saturated heterocycles. The Morgan fingerprint density at radius 1 is 1.18 bits per heavy atom. The van der Waals surface area contributed by atoms with E-state index in [1.54, 1.807) is 6.07 Å². The van der Waals surface area contributed by atoms with E-state index in [2.05, 4.69) is 5.16 Å². The molecule has 0 unspecified atom stereocenters. The molecule has 9 nitrogen and oxygen atoms in total. The summed E-state index contributed by atoms with van der Waals surface area (Å²) in [4.78, 5) is 22.0. The highest BCUT2D eigenvalue weighted by Gasteiger charge is 2.24. The van der Waals surface area contributed by atoms with Gasteiger partial charge in [-0.15, -0.1) is 0 Å². The molecular weight excluding hydrogens is 388 g/mol. The molecule has 3 rings (SSSR count). The van der Waals surface area contributed by atoms with E-state index in [1.807, 2.05) is 30.3 Å². The van der Waals surface area contributed by atoms with Gasteiger partial charge in [-0.3, -0.25) is 10.1 Å². The van der Waals surface area contributed by atoms with Crippen molar-refractivity contribution in [3.8, 4) is 11.3 Å². The summed E-state index contributed by atoms with van der Waals surface area (Å²) < 4.78 is 33.5. The molecule has 2 aromatic carbocycles. The van der Waals surface area contributed by atoms with Gasteiger partial charge in [0, 0.05) is 24.0 Å². The Bertz CT molecular complexity index is 1140. The number of sulfone groups is 1. The minimum atomic E-state index is -3.82. The predicted molar refractivity (Wildman–Crippen MR) is 97.3 cm³/mol. The van der Waals surface area contributed by atoms with Gasteiger partial charge in [0.1, 0.15) is 17.2 Å². The first-order valence-electron chi connectivity index (χ1n) is 7.92. The monoisotopic (exact) mass is 402 g/mol. The van der Waals surface area contributed by atoms with Gasteiger partial charge in [0.05, 0.1) is 10.5 Å². The summed E-state index contributed by atoms with van der Waals surface area (Å²) in [6.07, 6.45) is 0.849. The van der Waals surface area contributed by atoms with Crippen molar-refractivity contribution in [1.82, 2.24) is 5.16 Å². The number of rotatable bonds is 6. The summed E-state index contributed by atoms with van der Waals surface area (Å²) in [5.74, 6) is -0.354. The normalized spacial score (nSPS) is 11.2. The zero-order valence-corrected chi connectivity index (χ0v) is 15.4. The Balaban J connectivity index is 1.74. The number of ether oxygens (including phenoxy) is 1. The largest absolute Gasteiger partial charge is 0.455 e. The number of benzene rings is 2. The van der Waals surface area contributed by atoms with Crippen molar-refractivity contribution in [2.45, 2.75) is 11.5 Å². The lowest BCUT2D eigenvalue weighted by Crippen LogP contribution is -2.08. The number of carbonyl (C=O) groups is 1. The summed E-state index contributed by atoms with van der Waals surface area (Å²) in [6.45, 7) is -0.212. The Kier molecular flexibility index (Phi) is 5.23. The molecule has 0 fully saturated rings. The van der Waals surface area contributed by atoms with Crippen LogP contribution in [0.4, 0.5) is 5.69 Å². The third-order valence-corrected chi connectivity index (χ3v) is 4.90. The molecule has 144 valence electrons. The number of hydrogen-bond acceptors (Lipinski definition) is 8. The zero-order chi connectivity index (χ0) is 20.3. The van der Waals surface area contributed by atoms with Gasteiger partial charge in [0.15, 0.2) is 15.6 Å². The quantitative estimate of drug-likeness (QED) is 0.349. The van der Waals surface area contributed by atoms with Gasteiger partial charge < -0.3 is 9.26 Å². The van der Waals surface area contributed by atoms with E-state index in [0.717, 1.165) is 30.0 Å². The van der Waals surface area contributed by atoms with Gasteiger partial charge in [0.25, 0.3) is 5.69 Å². The van der Waals surface area contributed by atoms with Gasteiger partial charge in [-0.05, 0) is 12.1 Å². The van der Waals surface area contributed by atoms with Crippen LogP contribution in [0.15, 0.2) is 64.0 Å². The van der Waals surface area contributed by atoms with Crippen LogP contribution in [0.1, 0.15) is 16.1 Å². The van der Waals surface area contributed by atoms with Crippen molar-refractivity contribution in [3.63, 3.8) is 0 Å². The van der Waals surface area contributed by atoms with Crippen LogP contribution in [0.2, 0.25) is 0 Å². The summed E-state index contributed by atoms with van der Waals surface area (Å²) in [5.41, 5.74) is 0.324. The maximum Gasteiger partial charge on any atom is 0.338 e. The predicted octanol–water partition coefficient (Wildman–Crippen LogP) is 3.01. The van der Waals surface area contributed by atoms with Crippen LogP contribution >= 0.6 is 0 Å². The molecular formula is C18H14N2O7S. The van der Waals surface area contributed by atoms with Crippen molar-refractivity contribution < 1.29 is 27.4 Å². The molecule has 3 aromatic rings. The van der Waals surface area contributed by atoms with Crippen molar-refractivity contribution >= 4 is 21.5 Å². The van der Waals surface area contributed by atoms with Gasteiger partial charge in [-0.1, -0.05) is 35.5 Å². The highest BCUT2D eigenvalue weighted by atomic mass is 32.2. The Labute approximate surface area is 159 Å². The number of nitro benzene ring substituents is 1. The fourth-order valence-corrected chi connectivity index (χ4v) is 3.27. The number of nitro groups is 1. The maximum atomic E-state index is 12.2. The van der Waals surface area contributed by atoms with Gasteiger partial charge in [0.2, 0.25) is 0 Å². The molecule has 0 aliphatic carbocycles. The smallest absolute Gasteiger partial charge is 0.338 e. The fraction of sp³-hybridized carbons (Fsp3) is 0.111. The molecule has 28 heavy (non-hydrogen) atoms. The Morgan fingerprint density at radius 3 is 2.54 bits per heavy atom. The number of carbonyl (C=O) groups excluding carboxylic acids is 1. The summed E-state index contributed by atoms with van der Waals surface area (Å²) in [7, 11) is -3.82. The standard InChI is InChI=1S/C18H14N2O7S/c1-28(24,25)17-8-7-13(9-15(17)20(22)23)18(21)26-11-14-10-16(27-19-14)12-5-3-2-4-6-12/h2-10H,11H2,1H3. The molecule has 0 N–H and O–H groups in total. The van der Waals surface area contributed by atoms with Crippen LogP contribution in [0, 0.1) is 10.1 Å². The molecule has 0 aliphatic heterocycles. The van der Waals surface area contributed by atoms with E-state index in [-0.39, 0.29) is 12.2 Å². The van der Waals surface area contributed by atoms with Gasteiger partial charge in [-0.2, -0.15) is 0 Å². The molecule has 0 amide bonds. The number of esters is 1. The highest BCUT2D eigenvalue weighted by molar-refractivity contribution is 7.90. The van der Waals surface area contributed by atoms with Crippen LogP contribution in [-0.2, 0) is 21.2 Å². The third kappa shape index (κ3) is 4.23. The highest BCUT2D eigenvalue weighted by Crippen LogP contribution is 2.25. The van der Waals surface area contributed by atoms with Crippen LogP contribution < -0.4 is 0 Å². The van der Waals surface area contributed by atoms with E-state index in [1.165, 1.54) is 0 Å². The van der Waals surface area contributed by atoms with Crippen molar-refractivity contribution in [2.75, 3.05) is 6.26 Å². The summed E-state index contributed by atoms with van der Waals surface area (Å²) in [6, 6.07) is 13.8. The lowest BCUT2D eigenvalue weighted by molar-refractivity contribution is -0.387. The SMILES string of the molecule is CS(=O)(=O)c1ccc(C(=O)OCc2cc(-c3ccccc3)on2)cc1[N+](=O)[O-]. The zero-order valence-electron chi connectivity index (χ0n) is 14.6. The molecule has 0 bridgehead atoms. The second kappa shape index (κ2) is 7.61. The minimum absolute atomic E-state index is 0.147. The summed E-state index contributed by atoms with van der Waals surface area (Å²) >= 11 is 0. The average Bonchev–Trinajstić information content (AvgIpc) is 3.14. The second-order valence-electron chi connectivity index (χ2n) is 5.84. The van der Waals surface area contributed by atoms with Crippen molar-refractivity contribution in [2.24, 2.45) is 0 Å². The van der Waals surface area contributed by atoms with Gasteiger partial charge in [-0.25, -0.2) is 13.2 Å². The minimum Gasteiger partial charge on any atom is -0.455 e. The maximum absolute atomic E-state index is 12.2. The fourth-order valence-electron chi connectivity index (χ4n) is 2.44. The Hall–Kier alpha value is -3.53. The van der Waals surface area contributed by atoms with Crippen molar-refractivity contribution in [3.05, 3.63) is 76.0 Å². The van der Waals surface area contributed by atoms with E-state index in [0.29, 0.717) is 11.5 Å². The van der Waals surface area contributed by atoms with E-state index < -0.39 is 31.3 Å². The first-order valence-corrected chi connectivity index (χ1v) is 9.81. The first-order chi connectivity index (χ1) is 13.3. The molecule has 1 aromatic heterocycles. The average molecular weight is 402 g/mol. The van der Waals surface area contributed by atoms with E-state index in [4.69, 9.17) is 9.26 Å². The molecule has 1 heterocycles. The molecule has 0 radical (unpaired) electrons. The van der Waals surface area contributed by atoms with Crippen LogP contribution in [0.25, 0.3) is 11.3 Å². The molecule has 10 heteroatoms. The second-order valence-corrected chi connectivity index (χ2v) is 7.82. The molecule has 0 spiro atoms.